The van der Waals surface area contributed by atoms with E-state index in [0.29, 0.717) is 6.42 Å². The minimum Gasteiger partial charge on any atom is -0.348 e. The second-order valence-electron chi connectivity index (χ2n) is 4.71. The number of hydrogen-bond donors (Lipinski definition) is 2. The number of halogens is 1. The molecular weight excluding hydrogens is 292 g/mol. The molecule has 0 aromatic heterocycles. The summed E-state index contributed by atoms with van der Waals surface area (Å²) in [5, 5.41) is 2.97. The van der Waals surface area contributed by atoms with Crippen molar-refractivity contribution in [3.63, 3.8) is 0 Å². The van der Waals surface area contributed by atoms with Gasteiger partial charge < -0.3 is 11.1 Å². The number of thioether (sulfide) groups is 1. The molecule has 0 radical (unpaired) electrons. The minimum atomic E-state index is -0.412. The van der Waals surface area contributed by atoms with Crippen LogP contribution in [0.5, 0.6) is 0 Å². The van der Waals surface area contributed by atoms with Crippen LogP contribution >= 0.6 is 24.2 Å². The quantitative estimate of drug-likeness (QED) is 0.813. The number of benzene rings is 1. The van der Waals surface area contributed by atoms with Gasteiger partial charge in [0.25, 0.3) is 0 Å². The standard InChI is InChI=1S/C15H24N2OS.ClH/c1-4-12-5-7-13(8-6-12)11(2)17-15(18)14(16)9-10-19-3;/h5-8,11,14H,4,9-10,16H2,1-3H3,(H,17,18);1H/t11?,14-;/m0./s1. The lowest BCUT2D eigenvalue weighted by Gasteiger charge is -2.18. The van der Waals surface area contributed by atoms with Crippen molar-refractivity contribution in [2.45, 2.75) is 38.8 Å². The normalized spacial score (nSPS) is 13.2. The third-order valence-electron chi connectivity index (χ3n) is 3.22. The molecule has 5 heteroatoms. The van der Waals surface area contributed by atoms with Crippen LogP contribution in [0, 0.1) is 0 Å². The zero-order valence-electron chi connectivity index (χ0n) is 12.4. The molecule has 20 heavy (non-hydrogen) atoms. The lowest BCUT2D eigenvalue weighted by Crippen LogP contribution is -2.41. The van der Waals surface area contributed by atoms with Crippen LogP contribution in [0.4, 0.5) is 0 Å². The smallest absolute Gasteiger partial charge is 0.237 e. The first-order valence-corrected chi connectivity index (χ1v) is 8.11. The van der Waals surface area contributed by atoms with Crippen molar-refractivity contribution in [1.29, 1.82) is 0 Å². The van der Waals surface area contributed by atoms with E-state index in [1.807, 2.05) is 13.2 Å². The van der Waals surface area contributed by atoms with E-state index in [0.717, 1.165) is 17.7 Å². The average Bonchev–Trinajstić information content (AvgIpc) is 2.44. The number of carbonyl (C=O) groups excluding carboxylic acids is 1. The summed E-state index contributed by atoms with van der Waals surface area (Å²) < 4.78 is 0. The second-order valence-corrected chi connectivity index (χ2v) is 5.70. The van der Waals surface area contributed by atoms with Crippen molar-refractivity contribution >= 4 is 30.1 Å². The van der Waals surface area contributed by atoms with Gasteiger partial charge in [-0.25, -0.2) is 0 Å². The Morgan fingerprint density at radius 1 is 1.35 bits per heavy atom. The Hall–Kier alpha value is -0.710. The maximum absolute atomic E-state index is 11.9. The zero-order chi connectivity index (χ0) is 14.3. The van der Waals surface area contributed by atoms with E-state index < -0.39 is 6.04 Å². The van der Waals surface area contributed by atoms with Gasteiger partial charge in [-0.2, -0.15) is 11.8 Å². The van der Waals surface area contributed by atoms with Crippen molar-refractivity contribution in [3.05, 3.63) is 35.4 Å². The minimum absolute atomic E-state index is 0. The number of rotatable bonds is 7. The van der Waals surface area contributed by atoms with Crippen molar-refractivity contribution in [2.24, 2.45) is 5.73 Å². The van der Waals surface area contributed by atoms with E-state index in [1.165, 1.54) is 5.56 Å². The summed E-state index contributed by atoms with van der Waals surface area (Å²) in [7, 11) is 0. The summed E-state index contributed by atoms with van der Waals surface area (Å²) >= 11 is 1.71. The number of nitrogens with one attached hydrogen (secondary N) is 1. The SMILES string of the molecule is CCc1ccc(C(C)NC(=O)[C@@H](N)CCSC)cc1.Cl. The van der Waals surface area contributed by atoms with Crippen LogP contribution in [0.3, 0.4) is 0 Å². The fourth-order valence-electron chi connectivity index (χ4n) is 1.82. The van der Waals surface area contributed by atoms with Gasteiger partial charge in [0, 0.05) is 0 Å². The Morgan fingerprint density at radius 3 is 2.45 bits per heavy atom. The van der Waals surface area contributed by atoms with Gasteiger partial charge in [-0.1, -0.05) is 31.2 Å². The Bertz CT molecular complexity index is 397. The van der Waals surface area contributed by atoms with Crippen molar-refractivity contribution in [2.75, 3.05) is 12.0 Å². The third kappa shape index (κ3) is 6.16. The summed E-state index contributed by atoms with van der Waals surface area (Å²) in [5.74, 6) is 0.842. The second kappa shape index (κ2) is 10.1. The molecule has 0 heterocycles. The highest BCUT2D eigenvalue weighted by Crippen LogP contribution is 2.14. The molecule has 0 aliphatic carbocycles. The fourth-order valence-corrected chi connectivity index (χ4v) is 2.31. The number of hydrogen-bond acceptors (Lipinski definition) is 3. The predicted molar refractivity (Wildman–Crippen MR) is 90.6 cm³/mol. The molecule has 2 atom stereocenters. The van der Waals surface area contributed by atoms with Crippen molar-refractivity contribution in [3.8, 4) is 0 Å². The van der Waals surface area contributed by atoms with Crippen LogP contribution in [0.25, 0.3) is 0 Å². The lowest BCUT2D eigenvalue weighted by atomic mass is 10.0. The van der Waals surface area contributed by atoms with E-state index in [-0.39, 0.29) is 24.4 Å². The summed E-state index contributed by atoms with van der Waals surface area (Å²) in [5.41, 5.74) is 8.27. The topological polar surface area (TPSA) is 55.1 Å². The molecule has 0 aliphatic heterocycles. The van der Waals surface area contributed by atoms with Gasteiger partial charge in [-0.3, -0.25) is 4.79 Å². The highest BCUT2D eigenvalue weighted by Gasteiger charge is 2.16. The Balaban J connectivity index is 0.00000361. The Labute approximate surface area is 132 Å². The number of aryl methyl sites for hydroxylation is 1. The summed E-state index contributed by atoms with van der Waals surface area (Å²) in [6, 6.07) is 7.93. The first-order chi connectivity index (χ1) is 9.08. The summed E-state index contributed by atoms with van der Waals surface area (Å²) in [6.45, 7) is 4.12. The lowest BCUT2D eigenvalue weighted by molar-refractivity contribution is -0.123. The molecule has 1 rings (SSSR count). The Morgan fingerprint density at radius 2 is 1.95 bits per heavy atom. The molecule has 1 amide bonds. The molecule has 1 aromatic carbocycles. The molecule has 0 aliphatic rings. The van der Waals surface area contributed by atoms with Crippen molar-refractivity contribution in [1.82, 2.24) is 5.32 Å². The summed E-state index contributed by atoms with van der Waals surface area (Å²) in [6.07, 6.45) is 3.76. The third-order valence-corrected chi connectivity index (χ3v) is 3.86. The zero-order valence-corrected chi connectivity index (χ0v) is 14.0. The molecule has 1 unspecified atom stereocenters. The first-order valence-electron chi connectivity index (χ1n) is 6.72. The van der Waals surface area contributed by atoms with E-state index in [4.69, 9.17) is 5.73 Å². The van der Waals surface area contributed by atoms with E-state index >= 15 is 0 Å². The molecule has 114 valence electrons. The molecule has 0 fully saturated rings. The monoisotopic (exact) mass is 316 g/mol. The van der Waals surface area contributed by atoms with Gasteiger partial charge in [-0.15, -0.1) is 12.4 Å². The van der Waals surface area contributed by atoms with Gasteiger partial charge in [-0.05, 0) is 42.9 Å². The highest BCUT2D eigenvalue weighted by atomic mass is 35.5. The number of nitrogens with two attached hydrogens (primary N) is 1. The van der Waals surface area contributed by atoms with Crippen LogP contribution < -0.4 is 11.1 Å². The van der Waals surface area contributed by atoms with Gasteiger partial charge in [0.15, 0.2) is 0 Å². The maximum Gasteiger partial charge on any atom is 0.237 e. The number of carbonyl (C=O) groups is 1. The first kappa shape index (κ1) is 19.3. The molecule has 0 saturated heterocycles. The molecule has 0 bridgehead atoms. The summed E-state index contributed by atoms with van der Waals surface area (Å²) in [4.78, 5) is 11.9. The van der Waals surface area contributed by atoms with Crippen LogP contribution in [-0.4, -0.2) is 24.0 Å². The van der Waals surface area contributed by atoms with Crippen molar-refractivity contribution < 1.29 is 4.79 Å². The Kier molecular flexibility index (Phi) is 9.72. The largest absolute Gasteiger partial charge is 0.348 e. The fraction of sp³-hybridized carbons (Fsp3) is 0.533. The van der Waals surface area contributed by atoms with E-state index in [9.17, 15) is 4.79 Å². The average molecular weight is 317 g/mol. The molecule has 0 spiro atoms. The molecule has 0 saturated carbocycles. The molecule has 1 aromatic rings. The molecular formula is C15H25ClN2OS. The van der Waals surface area contributed by atoms with Crippen LogP contribution in [0.2, 0.25) is 0 Å². The van der Waals surface area contributed by atoms with Gasteiger partial charge in [0.05, 0.1) is 12.1 Å². The van der Waals surface area contributed by atoms with Crippen LogP contribution in [-0.2, 0) is 11.2 Å². The van der Waals surface area contributed by atoms with Crippen LogP contribution in [0.1, 0.15) is 37.4 Å². The van der Waals surface area contributed by atoms with E-state index in [2.05, 4.69) is 36.5 Å². The molecule has 3 N–H and O–H groups in total. The maximum atomic E-state index is 11.9. The van der Waals surface area contributed by atoms with Crippen LogP contribution in [0.15, 0.2) is 24.3 Å². The predicted octanol–water partition coefficient (Wildman–Crippen LogP) is 2.93. The van der Waals surface area contributed by atoms with Gasteiger partial charge >= 0.3 is 0 Å². The van der Waals surface area contributed by atoms with E-state index in [1.54, 1.807) is 11.8 Å². The number of amides is 1. The van der Waals surface area contributed by atoms with Gasteiger partial charge in [0.1, 0.15) is 0 Å². The highest BCUT2D eigenvalue weighted by molar-refractivity contribution is 7.98. The molecule has 3 nitrogen and oxygen atoms in total. The van der Waals surface area contributed by atoms with Gasteiger partial charge in [0.2, 0.25) is 5.91 Å².